The van der Waals surface area contributed by atoms with Crippen molar-refractivity contribution in [2.24, 2.45) is 0 Å². The largest absolute Gasteiger partial charge is 0.469 e. The zero-order chi connectivity index (χ0) is 27.9. The van der Waals surface area contributed by atoms with Gasteiger partial charge >= 0.3 is 0 Å². The first-order valence-electron chi connectivity index (χ1n) is 14.0. The molecule has 0 aliphatic carbocycles. The molecule has 0 aromatic heterocycles. The predicted octanol–water partition coefficient (Wildman–Crippen LogP) is 8.79. The van der Waals surface area contributed by atoms with Crippen molar-refractivity contribution in [3.8, 4) is 5.75 Å². The third-order valence-corrected chi connectivity index (χ3v) is 6.56. The van der Waals surface area contributed by atoms with Gasteiger partial charge in [-0.3, -0.25) is 0 Å². The molecule has 0 saturated heterocycles. The van der Waals surface area contributed by atoms with Crippen LogP contribution in [0.5, 0.6) is 5.75 Å². The van der Waals surface area contributed by atoms with E-state index in [1.54, 1.807) is 0 Å². The van der Waals surface area contributed by atoms with E-state index in [9.17, 15) is 0 Å². The first-order valence-corrected chi connectivity index (χ1v) is 14.0. The third-order valence-electron chi connectivity index (χ3n) is 6.56. The highest BCUT2D eigenvalue weighted by molar-refractivity contribution is 5.48. The smallest absolute Gasteiger partial charge is 0.177 e. The number of hydrogen-bond donors (Lipinski definition) is 0. The van der Waals surface area contributed by atoms with Crippen molar-refractivity contribution in [1.82, 2.24) is 0 Å². The molecule has 0 heterocycles. The number of anilines is 2. The number of para-hydroxylation sites is 3. The van der Waals surface area contributed by atoms with Crippen LogP contribution in [0.2, 0.25) is 0 Å². The molecular formula is C35H44N2O2. The van der Waals surface area contributed by atoms with E-state index in [0.717, 1.165) is 25.3 Å². The van der Waals surface area contributed by atoms with Gasteiger partial charge in [0, 0.05) is 24.5 Å². The van der Waals surface area contributed by atoms with E-state index in [-0.39, 0.29) is 6.23 Å². The summed E-state index contributed by atoms with van der Waals surface area (Å²) in [6.07, 6.45) is 1.08. The average Bonchev–Trinajstić information content (AvgIpc) is 2.97. The number of ether oxygens (including phenoxy) is 2. The molecule has 39 heavy (non-hydrogen) atoms. The van der Waals surface area contributed by atoms with Crippen molar-refractivity contribution >= 4 is 11.4 Å². The standard InChI is InChI=1S/C18H23NO.C17H21NO/c1-3-18(20-15-16-11-7-5-8-12-16)19(4-2)17-13-9-6-10-14-17;1-4-18(15-11-7-5-8-12-15)17(2,3)19-16-13-9-6-10-14-16/h5-14,18H,3-4,15H2,1-2H3;5-14H,4H2,1-3H3. The van der Waals surface area contributed by atoms with Gasteiger partial charge in [-0.05, 0) is 76.1 Å². The fourth-order valence-corrected chi connectivity index (χ4v) is 4.68. The van der Waals surface area contributed by atoms with Crippen LogP contribution in [0.3, 0.4) is 0 Å². The summed E-state index contributed by atoms with van der Waals surface area (Å²) in [7, 11) is 0. The topological polar surface area (TPSA) is 24.9 Å². The van der Waals surface area contributed by atoms with Gasteiger partial charge in [0.15, 0.2) is 5.72 Å². The molecule has 1 unspecified atom stereocenters. The third kappa shape index (κ3) is 9.19. The van der Waals surface area contributed by atoms with Gasteiger partial charge in [-0.15, -0.1) is 0 Å². The van der Waals surface area contributed by atoms with Crippen LogP contribution < -0.4 is 14.5 Å². The molecule has 206 valence electrons. The molecule has 0 saturated carbocycles. The Labute approximate surface area is 235 Å². The maximum atomic E-state index is 6.14. The lowest BCUT2D eigenvalue weighted by atomic mass is 10.2. The lowest BCUT2D eigenvalue weighted by Gasteiger charge is -2.39. The van der Waals surface area contributed by atoms with E-state index < -0.39 is 5.72 Å². The Morgan fingerprint density at radius 3 is 1.59 bits per heavy atom. The molecule has 0 bridgehead atoms. The lowest BCUT2D eigenvalue weighted by molar-refractivity contribution is 0.0363. The van der Waals surface area contributed by atoms with Gasteiger partial charge in [0.2, 0.25) is 0 Å². The highest BCUT2D eigenvalue weighted by atomic mass is 16.5. The Hall–Kier alpha value is -3.76. The Balaban J connectivity index is 0.000000216. The molecule has 4 heteroatoms. The first-order chi connectivity index (χ1) is 19.0. The molecule has 0 spiro atoms. The van der Waals surface area contributed by atoms with Crippen LogP contribution in [0.25, 0.3) is 0 Å². The Morgan fingerprint density at radius 2 is 1.10 bits per heavy atom. The van der Waals surface area contributed by atoms with Crippen LogP contribution in [0.15, 0.2) is 121 Å². The van der Waals surface area contributed by atoms with Crippen molar-refractivity contribution in [2.75, 3.05) is 22.9 Å². The van der Waals surface area contributed by atoms with Crippen molar-refractivity contribution in [3.63, 3.8) is 0 Å². The zero-order valence-electron chi connectivity index (χ0n) is 24.2. The zero-order valence-corrected chi connectivity index (χ0v) is 24.2. The van der Waals surface area contributed by atoms with E-state index >= 15 is 0 Å². The van der Waals surface area contributed by atoms with E-state index in [2.05, 4.69) is 117 Å². The van der Waals surface area contributed by atoms with E-state index in [0.29, 0.717) is 6.61 Å². The summed E-state index contributed by atoms with van der Waals surface area (Å²) in [4.78, 5) is 4.56. The van der Waals surface area contributed by atoms with Gasteiger partial charge in [-0.1, -0.05) is 91.9 Å². The summed E-state index contributed by atoms with van der Waals surface area (Å²) in [5, 5.41) is 0. The van der Waals surface area contributed by atoms with Gasteiger partial charge in [0.05, 0.1) is 6.61 Å². The van der Waals surface area contributed by atoms with Crippen molar-refractivity contribution < 1.29 is 9.47 Å². The summed E-state index contributed by atoms with van der Waals surface area (Å²) < 4.78 is 12.2. The van der Waals surface area contributed by atoms with Crippen molar-refractivity contribution in [3.05, 3.63) is 127 Å². The Morgan fingerprint density at radius 1 is 0.615 bits per heavy atom. The van der Waals surface area contributed by atoms with Gasteiger partial charge in [0.25, 0.3) is 0 Å². The van der Waals surface area contributed by atoms with Gasteiger partial charge in [-0.25, -0.2) is 0 Å². The molecule has 0 amide bonds. The van der Waals surface area contributed by atoms with E-state index in [4.69, 9.17) is 9.47 Å². The summed E-state index contributed by atoms with van der Waals surface area (Å²) in [5.41, 5.74) is 3.22. The number of rotatable bonds is 12. The van der Waals surface area contributed by atoms with Crippen LogP contribution in [0, 0.1) is 0 Å². The molecular weight excluding hydrogens is 480 g/mol. The lowest BCUT2D eigenvalue weighted by Crippen LogP contribution is -2.48. The van der Waals surface area contributed by atoms with E-state index in [1.165, 1.54) is 16.9 Å². The normalized spacial score (nSPS) is 11.6. The number of hydrogen-bond acceptors (Lipinski definition) is 4. The quantitative estimate of drug-likeness (QED) is 0.173. The van der Waals surface area contributed by atoms with Crippen LogP contribution in [-0.2, 0) is 11.3 Å². The number of nitrogens with zero attached hydrogens (tertiary/aromatic N) is 2. The number of benzene rings is 4. The SMILES string of the molecule is CCC(OCc1ccccc1)N(CC)c1ccccc1.CCN(c1ccccc1)C(C)(C)Oc1ccccc1. The maximum absolute atomic E-state index is 6.14. The summed E-state index contributed by atoms with van der Waals surface area (Å²) in [5.74, 6) is 0.891. The summed E-state index contributed by atoms with van der Waals surface area (Å²) >= 11 is 0. The van der Waals surface area contributed by atoms with Crippen LogP contribution in [-0.4, -0.2) is 25.0 Å². The second-order valence-corrected chi connectivity index (χ2v) is 9.72. The second kappa shape index (κ2) is 15.6. The van der Waals surface area contributed by atoms with Crippen molar-refractivity contribution in [1.29, 1.82) is 0 Å². The minimum atomic E-state index is -0.391. The molecule has 0 fully saturated rings. The van der Waals surface area contributed by atoms with E-state index in [1.807, 2.05) is 48.5 Å². The van der Waals surface area contributed by atoms with Crippen LogP contribution >= 0.6 is 0 Å². The summed E-state index contributed by atoms with van der Waals surface area (Å²) in [6.45, 7) is 13.2. The molecule has 4 aromatic carbocycles. The highest BCUT2D eigenvalue weighted by Gasteiger charge is 2.27. The Kier molecular flexibility index (Phi) is 11.9. The minimum absolute atomic E-state index is 0.114. The molecule has 0 radical (unpaired) electrons. The molecule has 0 N–H and O–H groups in total. The molecule has 4 rings (SSSR count). The summed E-state index contributed by atoms with van der Waals surface area (Å²) in [6, 6.07) is 41.1. The molecule has 1 atom stereocenters. The fraction of sp³-hybridized carbons (Fsp3) is 0.314. The van der Waals surface area contributed by atoms with Gasteiger partial charge in [0.1, 0.15) is 12.0 Å². The van der Waals surface area contributed by atoms with Crippen molar-refractivity contribution in [2.45, 2.75) is 59.6 Å². The highest BCUT2D eigenvalue weighted by Crippen LogP contribution is 2.26. The fourth-order valence-electron chi connectivity index (χ4n) is 4.68. The maximum Gasteiger partial charge on any atom is 0.177 e. The monoisotopic (exact) mass is 524 g/mol. The molecule has 0 aliphatic rings. The van der Waals surface area contributed by atoms with Gasteiger partial charge < -0.3 is 19.3 Å². The Bertz CT molecular complexity index is 1170. The van der Waals surface area contributed by atoms with Crippen LogP contribution in [0.1, 0.15) is 46.6 Å². The molecule has 4 aromatic rings. The minimum Gasteiger partial charge on any atom is -0.469 e. The van der Waals surface area contributed by atoms with Gasteiger partial charge in [-0.2, -0.15) is 0 Å². The first kappa shape index (κ1) is 29.8. The molecule has 4 nitrogen and oxygen atoms in total. The second-order valence-electron chi connectivity index (χ2n) is 9.72. The average molecular weight is 525 g/mol. The molecule has 0 aliphatic heterocycles. The van der Waals surface area contributed by atoms with Crippen LogP contribution in [0.4, 0.5) is 11.4 Å². The predicted molar refractivity (Wildman–Crippen MR) is 165 cm³/mol.